The van der Waals surface area contributed by atoms with Gasteiger partial charge in [-0.3, -0.25) is 4.21 Å². The van der Waals surface area contributed by atoms with Crippen LogP contribution >= 0.6 is 15.9 Å². The number of nitrogens with zero attached hydrogens (tertiary/aromatic N) is 2. The molecule has 0 aliphatic rings. The van der Waals surface area contributed by atoms with Gasteiger partial charge in [0.2, 0.25) is 0 Å². The summed E-state index contributed by atoms with van der Waals surface area (Å²) in [5, 5.41) is 11.4. The molecule has 3 aromatic rings. The molecule has 0 aliphatic heterocycles. The molecule has 0 amide bonds. The maximum Gasteiger partial charge on any atom is 0.340 e. The molecule has 3 rings (SSSR count). The van der Waals surface area contributed by atoms with Gasteiger partial charge in [0, 0.05) is 35.1 Å². The Kier molecular flexibility index (Phi) is 7.24. The molecule has 0 saturated heterocycles. The van der Waals surface area contributed by atoms with Crippen molar-refractivity contribution in [1.82, 2.24) is 9.47 Å². The first-order valence-corrected chi connectivity index (χ1v) is 12.0. The van der Waals surface area contributed by atoms with Crippen molar-refractivity contribution in [3.63, 3.8) is 0 Å². The van der Waals surface area contributed by atoms with Crippen LogP contribution in [0.5, 0.6) is 5.75 Å². The molecule has 1 heterocycles. The Morgan fingerprint density at radius 3 is 2.61 bits per heavy atom. The molecule has 31 heavy (non-hydrogen) atoms. The van der Waals surface area contributed by atoms with Gasteiger partial charge in [-0.15, -0.1) is 0 Å². The number of hydrogen-bond acceptors (Lipinski definition) is 5. The van der Waals surface area contributed by atoms with E-state index in [-0.39, 0.29) is 18.1 Å². The van der Waals surface area contributed by atoms with Crippen LogP contribution in [0.25, 0.3) is 10.9 Å². The number of ether oxygens (including phenoxy) is 1. The zero-order valence-electron chi connectivity index (χ0n) is 18.4. The molecular weight excluding hydrogens is 480 g/mol. The van der Waals surface area contributed by atoms with E-state index in [1.807, 2.05) is 61.8 Å². The SMILES string of the molecule is CCOC(=O)c1c(CS(=O)c2cccc(C)c2)n(C)c2cc(Br)c(O)c(CN(C)C)c12. The quantitative estimate of drug-likeness (QED) is 0.477. The van der Waals surface area contributed by atoms with E-state index in [4.69, 9.17) is 4.74 Å². The van der Waals surface area contributed by atoms with Crippen molar-refractivity contribution in [2.45, 2.75) is 31.0 Å². The number of rotatable bonds is 7. The standard InChI is InChI=1S/C23H27BrN2O4S/c1-6-30-23(28)21-19(13-31(29)15-9-7-8-14(2)10-15)26(5)18-11-17(24)22(27)16(20(18)21)12-25(3)4/h7-11,27H,6,12-13H2,1-5H3. The van der Waals surface area contributed by atoms with Crippen LogP contribution in [-0.4, -0.2) is 45.5 Å². The first kappa shape index (κ1) is 23.5. The molecule has 0 radical (unpaired) electrons. The maximum atomic E-state index is 13.2. The number of fused-ring (bicyclic) bond motifs is 1. The lowest BCUT2D eigenvalue weighted by Gasteiger charge is -2.15. The third-order valence-corrected chi connectivity index (χ3v) is 7.03. The molecular formula is C23H27BrN2O4S. The lowest BCUT2D eigenvalue weighted by molar-refractivity contribution is 0.0527. The van der Waals surface area contributed by atoms with Crippen molar-refractivity contribution in [3.8, 4) is 5.75 Å². The van der Waals surface area contributed by atoms with Gasteiger partial charge < -0.3 is 19.3 Å². The molecule has 1 N–H and O–H groups in total. The minimum Gasteiger partial charge on any atom is -0.506 e. The summed E-state index contributed by atoms with van der Waals surface area (Å²) in [6.45, 7) is 4.36. The molecule has 0 bridgehead atoms. The van der Waals surface area contributed by atoms with Gasteiger partial charge in [0.15, 0.2) is 0 Å². The highest BCUT2D eigenvalue weighted by molar-refractivity contribution is 9.10. The van der Waals surface area contributed by atoms with Crippen LogP contribution in [-0.2, 0) is 34.9 Å². The van der Waals surface area contributed by atoms with Gasteiger partial charge >= 0.3 is 5.97 Å². The summed E-state index contributed by atoms with van der Waals surface area (Å²) in [6.07, 6.45) is 0. The molecule has 166 valence electrons. The molecule has 0 aliphatic carbocycles. The molecule has 0 saturated carbocycles. The topological polar surface area (TPSA) is 71.8 Å². The average molecular weight is 507 g/mol. The van der Waals surface area contributed by atoms with E-state index in [0.717, 1.165) is 11.1 Å². The predicted molar refractivity (Wildman–Crippen MR) is 127 cm³/mol. The minimum atomic E-state index is -1.35. The fourth-order valence-corrected chi connectivity index (χ4v) is 5.46. The van der Waals surface area contributed by atoms with Gasteiger partial charge in [-0.1, -0.05) is 12.1 Å². The lowest BCUT2D eigenvalue weighted by Crippen LogP contribution is -2.13. The van der Waals surface area contributed by atoms with Gasteiger partial charge in [0.05, 0.1) is 38.7 Å². The molecule has 1 unspecified atom stereocenters. The molecule has 2 aromatic carbocycles. The Bertz CT molecular complexity index is 1170. The van der Waals surface area contributed by atoms with Gasteiger partial charge in [-0.2, -0.15) is 0 Å². The van der Waals surface area contributed by atoms with Crippen LogP contribution in [0.15, 0.2) is 39.7 Å². The number of aryl methyl sites for hydroxylation is 2. The normalized spacial score (nSPS) is 12.5. The van der Waals surface area contributed by atoms with Crippen LogP contribution in [0.3, 0.4) is 0 Å². The summed E-state index contributed by atoms with van der Waals surface area (Å²) in [5.74, 6) is -0.238. The Morgan fingerprint density at radius 1 is 1.29 bits per heavy atom. The molecule has 1 aromatic heterocycles. The number of phenolic OH excluding ortho intramolecular Hbond substituents is 1. The summed E-state index contributed by atoms with van der Waals surface area (Å²) in [7, 11) is 4.28. The Labute approximate surface area is 193 Å². The smallest absolute Gasteiger partial charge is 0.340 e. The first-order valence-electron chi connectivity index (χ1n) is 9.94. The third kappa shape index (κ3) is 4.71. The molecule has 1 atom stereocenters. The minimum absolute atomic E-state index is 0.0868. The van der Waals surface area contributed by atoms with E-state index in [0.29, 0.717) is 38.1 Å². The first-order chi connectivity index (χ1) is 14.6. The monoisotopic (exact) mass is 506 g/mol. The van der Waals surface area contributed by atoms with Crippen molar-refractivity contribution < 1.29 is 18.8 Å². The summed E-state index contributed by atoms with van der Waals surface area (Å²) in [5.41, 5.74) is 3.39. The van der Waals surface area contributed by atoms with Crippen LogP contribution in [0.1, 0.15) is 34.1 Å². The summed E-state index contributed by atoms with van der Waals surface area (Å²) in [6, 6.07) is 9.33. The number of aromatic nitrogens is 1. The van der Waals surface area contributed by atoms with Crippen molar-refractivity contribution in [2.75, 3.05) is 20.7 Å². The van der Waals surface area contributed by atoms with Crippen LogP contribution in [0, 0.1) is 6.92 Å². The van der Waals surface area contributed by atoms with Crippen molar-refractivity contribution in [2.24, 2.45) is 7.05 Å². The van der Waals surface area contributed by atoms with E-state index in [1.54, 1.807) is 13.0 Å². The third-order valence-electron chi connectivity index (χ3n) is 5.11. The second-order valence-electron chi connectivity index (χ2n) is 7.73. The van der Waals surface area contributed by atoms with Crippen molar-refractivity contribution in [1.29, 1.82) is 0 Å². The number of halogens is 1. The Hall–Kier alpha value is -2.16. The number of esters is 1. The zero-order valence-corrected chi connectivity index (χ0v) is 20.8. The summed E-state index contributed by atoms with van der Waals surface area (Å²) < 4.78 is 21.0. The van der Waals surface area contributed by atoms with Crippen molar-refractivity contribution in [3.05, 3.63) is 57.2 Å². The van der Waals surface area contributed by atoms with E-state index in [1.165, 1.54) is 0 Å². The van der Waals surface area contributed by atoms with Gasteiger partial charge in [0.25, 0.3) is 0 Å². The van der Waals surface area contributed by atoms with E-state index >= 15 is 0 Å². The largest absolute Gasteiger partial charge is 0.506 e. The molecule has 0 spiro atoms. The van der Waals surface area contributed by atoms with Gasteiger partial charge in [0.1, 0.15) is 5.75 Å². The Morgan fingerprint density at radius 2 is 2.00 bits per heavy atom. The second-order valence-corrected chi connectivity index (χ2v) is 10.0. The fourth-order valence-electron chi connectivity index (χ4n) is 3.71. The summed E-state index contributed by atoms with van der Waals surface area (Å²) >= 11 is 3.43. The molecule has 0 fully saturated rings. The van der Waals surface area contributed by atoms with Gasteiger partial charge in [-0.25, -0.2) is 4.79 Å². The zero-order chi connectivity index (χ0) is 22.9. The van der Waals surface area contributed by atoms with Crippen LogP contribution in [0.2, 0.25) is 0 Å². The second kappa shape index (κ2) is 9.54. The fraction of sp³-hybridized carbons (Fsp3) is 0.348. The van der Waals surface area contributed by atoms with E-state index in [2.05, 4.69) is 15.9 Å². The lowest BCUT2D eigenvalue weighted by atomic mass is 10.0. The highest BCUT2D eigenvalue weighted by Crippen LogP contribution is 2.40. The number of carbonyl (C=O) groups excluding carboxylic acids is 1. The number of hydrogen-bond donors (Lipinski definition) is 1. The number of carbonyl (C=O) groups is 1. The number of benzene rings is 2. The molecule has 8 heteroatoms. The number of aromatic hydroxyl groups is 1. The van der Waals surface area contributed by atoms with Crippen LogP contribution < -0.4 is 0 Å². The van der Waals surface area contributed by atoms with Crippen LogP contribution in [0.4, 0.5) is 0 Å². The van der Waals surface area contributed by atoms with Crippen molar-refractivity contribution >= 4 is 43.6 Å². The predicted octanol–water partition coefficient (Wildman–Crippen LogP) is 4.50. The van der Waals surface area contributed by atoms with Gasteiger partial charge in [-0.05, 0) is 67.6 Å². The molecule has 6 nitrogen and oxygen atoms in total. The Balaban J connectivity index is 2.27. The number of phenols is 1. The highest BCUT2D eigenvalue weighted by Gasteiger charge is 2.28. The average Bonchev–Trinajstić information content (AvgIpc) is 2.97. The van der Waals surface area contributed by atoms with E-state index < -0.39 is 16.8 Å². The van der Waals surface area contributed by atoms with E-state index in [9.17, 15) is 14.1 Å². The highest BCUT2D eigenvalue weighted by atomic mass is 79.9. The summed E-state index contributed by atoms with van der Waals surface area (Å²) in [4.78, 5) is 15.7. The maximum absolute atomic E-state index is 13.2.